The van der Waals surface area contributed by atoms with Crippen molar-refractivity contribution in [3.8, 4) is 11.5 Å². The Labute approximate surface area is 129 Å². The predicted octanol–water partition coefficient (Wildman–Crippen LogP) is 1.74. The number of nitrogens with two attached hydrogens (primary N) is 1. The lowest BCUT2D eigenvalue weighted by Crippen LogP contribution is -2.38. The molecule has 2 heterocycles. The summed E-state index contributed by atoms with van der Waals surface area (Å²) in [5.74, 6) is 0.959. The number of aromatic nitrogens is 2. The fourth-order valence-corrected chi connectivity index (χ4v) is 2.78. The van der Waals surface area contributed by atoms with E-state index in [4.69, 9.17) is 10.2 Å². The van der Waals surface area contributed by atoms with Crippen LogP contribution in [0.5, 0.6) is 0 Å². The monoisotopic (exact) mass is 300 g/mol. The summed E-state index contributed by atoms with van der Waals surface area (Å²) in [6.45, 7) is 4.31. The predicted molar refractivity (Wildman–Crippen MR) is 81.7 cm³/mol. The van der Waals surface area contributed by atoms with Crippen LogP contribution in [-0.2, 0) is 11.3 Å². The number of benzene rings is 1. The van der Waals surface area contributed by atoms with Gasteiger partial charge in [0.1, 0.15) is 0 Å². The summed E-state index contributed by atoms with van der Waals surface area (Å²) >= 11 is 0. The standard InChI is InChI=1S/C16H20N4O2/c1-11-3-2-4-13(9-11)16-19-18-14(22-16)10-20-7-5-12(6-8-20)15(17)21/h2-4,9,12H,5-8,10H2,1H3,(H2,17,21). The highest BCUT2D eigenvalue weighted by Gasteiger charge is 2.24. The summed E-state index contributed by atoms with van der Waals surface area (Å²) < 4.78 is 5.75. The van der Waals surface area contributed by atoms with Crippen molar-refractivity contribution >= 4 is 5.91 Å². The summed E-state index contributed by atoms with van der Waals surface area (Å²) in [6, 6.07) is 7.99. The van der Waals surface area contributed by atoms with E-state index in [9.17, 15) is 4.79 Å². The number of amides is 1. The quantitative estimate of drug-likeness (QED) is 0.929. The summed E-state index contributed by atoms with van der Waals surface area (Å²) in [4.78, 5) is 13.4. The number of primary amides is 1. The van der Waals surface area contributed by atoms with Crippen LogP contribution in [0.2, 0.25) is 0 Å². The Morgan fingerprint density at radius 1 is 1.36 bits per heavy atom. The second-order valence-electron chi connectivity index (χ2n) is 5.82. The van der Waals surface area contributed by atoms with Crippen LogP contribution < -0.4 is 5.73 Å². The molecule has 0 bridgehead atoms. The van der Waals surface area contributed by atoms with Gasteiger partial charge in [-0.25, -0.2) is 0 Å². The van der Waals surface area contributed by atoms with Crippen molar-refractivity contribution in [3.05, 3.63) is 35.7 Å². The Kier molecular flexibility index (Phi) is 4.20. The summed E-state index contributed by atoms with van der Waals surface area (Å²) in [5, 5.41) is 8.24. The average molecular weight is 300 g/mol. The first kappa shape index (κ1) is 14.7. The van der Waals surface area contributed by atoms with Gasteiger partial charge in [0.05, 0.1) is 6.54 Å². The number of aryl methyl sites for hydroxylation is 1. The van der Waals surface area contributed by atoms with Crippen molar-refractivity contribution in [2.75, 3.05) is 13.1 Å². The minimum atomic E-state index is -0.195. The Morgan fingerprint density at radius 2 is 2.14 bits per heavy atom. The maximum atomic E-state index is 11.2. The van der Waals surface area contributed by atoms with Crippen molar-refractivity contribution in [2.24, 2.45) is 11.7 Å². The zero-order valence-electron chi connectivity index (χ0n) is 12.7. The molecule has 0 atom stereocenters. The molecule has 1 aromatic heterocycles. The molecule has 22 heavy (non-hydrogen) atoms. The highest BCUT2D eigenvalue weighted by Crippen LogP contribution is 2.21. The van der Waals surface area contributed by atoms with Gasteiger partial charge in [0, 0.05) is 11.5 Å². The van der Waals surface area contributed by atoms with Crippen LogP contribution in [0, 0.1) is 12.8 Å². The molecule has 2 N–H and O–H groups in total. The van der Waals surface area contributed by atoms with Crippen LogP contribution in [-0.4, -0.2) is 34.1 Å². The molecule has 1 aliphatic rings. The number of nitrogens with zero attached hydrogens (tertiary/aromatic N) is 3. The zero-order chi connectivity index (χ0) is 15.5. The largest absolute Gasteiger partial charge is 0.419 e. The first-order valence-electron chi connectivity index (χ1n) is 7.53. The van der Waals surface area contributed by atoms with Crippen LogP contribution in [0.15, 0.2) is 28.7 Å². The number of rotatable bonds is 4. The Morgan fingerprint density at radius 3 is 2.82 bits per heavy atom. The molecule has 3 rings (SSSR count). The molecule has 1 fully saturated rings. The number of carbonyl (C=O) groups is 1. The Bertz CT molecular complexity index is 660. The molecule has 1 aliphatic heterocycles. The maximum absolute atomic E-state index is 11.2. The third kappa shape index (κ3) is 3.33. The van der Waals surface area contributed by atoms with E-state index in [2.05, 4.69) is 15.1 Å². The second-order valence-corrected chi connectivity index (χ2v) is 5.82. The van der Waals surface area contributed by atoms with Gasteiger partial charge >= 0.3 is 0 Å². The zero-order valence-corrected chi connectivity index (χ0v) is 12.7. The molecule has 2 aromatic rings. The first-order chi connectivity index (χ1) is 10.6. The van der Waals surface area contributed by atoms with Gasteiger partial charge in [-0.3, -0.25) is 9.69 Å². The lowest BCUT2D eigenvalue weighted by atomic mass is 9.96. The van der Waals surface area contributed by atoms with Gasteiger partial charge in [-0.1, -0.05) is 17.7 Å². The van der Waals surface area contributed by atoms with Crippen molar-refractivity contribution in [1.29, 1.82) is 0 Å². The molecular weight excluding hydrogens is 280 g/mol. The summed E-state index contributed by atoms with van der Waals surface area (Å²) in [5.41, 5.74) is 7.44. The van der Waals surface area contributed by atoms with Crippen LogP contribution in [0.25, 0.3) is 11.5 Å². The number of carbonyl (C=O) groups excluding carboxylic acids is 1. The number of likely N-dealkylation sites (tertiary alicyclic amines) is 1. The highest BCUT2D eigenvalue weighted by atomic mass is 16.4. The second kappa shape index (κ2) is 6.27. The van der Waals surface area contributed by atoms with Gasteiger partial charge in [-0.05, 0) is 45.0 Å². The average Bonchev–Trinajstić information content (AvgIpc) is 2.96. The van der Waals surface area contributed by atoms with Crippen molar-refractivity contribution in [3.63, 3.8) is 0 Å². The molecule has 1 amide bonds. The van der Waals surface area contributed by atoms with E-state index in [0.29, 0.717) is 18.3 Å². The van der Waals surface area contributed by atoms with Crippen LogP contribution in [0.3, 0.4) is 0 Å². The molecule has 1 saturated heterocycles. The van der Waals surface area contributed by atoms with Crippen LogP contribution >= 0.6 is 0 Å². The molecule has 116 valence electrons. The van der Waals surface area contributed by atoms with Gasteiger partial charge in [0.15, 0.2) is 0 Å². The minimum Gasteiger partial charge on any atom is -0.419 e. The third-order valence-corrected chi connectivity index (χ3v) is 4.08. The number of hydrogen-bond acceptors (Lipinski definition) is 5. The minimum absolute atomic E-state index is 0.00166. The molecule has 0 radical (unpaired) electrons. The Balaban J connectivity index is 1.62. The van der Waals surface area contributed by atoms with Crippen LogP contribution in [0.4, 0.5) is 0 Å². The molecule has 6 heteroatoms. The van der Waals surface area contributed by atoms with E-state index >= 15 is 0 Å². The molecular formula is C16H20N4O2. The van der Waals surface area contributed by atoms with Crippen molar-refractivity contribution in [2.45, 2.75) is 26.3 Å². The summed E-state index contributed by atoms with van der Waals surface area (Å²) in [7, 11) is 0. The smallest absolute Gasteiger partial charge is 0.247 e. The highest BCUT2D eigenvalue weighted by molar-refractivity contribution is 5.76. The molecule has 0 saturated carbocycles. The SMILES string of the molecule is Cc1cccc(-c2nnc(CN3CCC(C(N)=O)CC3)o2)c1. The van der Waals surface area contributed by atoms with Crippen molar-refractivity contribution < 1.29 is 9.21 Å². The third-order valence-electron chi connectivity index (χ3n) is 4.08. The van der Waals surface area contributed by atoms with E-state index in [1.165, 1.54) is 0 Å². The molecule has 0 aliphatic carbocycles. The van der Waals surface area contributed by atoms with E-state index < -0.39 is 0 Å². The summed E-state index contributed by atoms with van der Waals surface area (Å²) in [6.07, 6.45) is 1.60. The molecule has 0 spiro atoms. The van der Waals surface area contributed by atoms with Gasteiger partial charge < -0.3 is 10.2 Å². The van der Waals surface area contributed by atoms with Crippen LogP contribution in [0.1, 0.15) is 24.3 Å². The number of piperidine rings is 1. The first-order valence-corrected chi connectivity index (χ1v) is 7.53. The van der Waals surface area contributed by atoms with E-state index in [0.717, 1.165) is 37.1 Å². The maximum Gasteiger partial charge on any atom is 0.247 e. The van der Waals surface area contributed by atoms with E-state index in [-0.39, 0.29) is 11.8 Å². The Hall–Kier alpha value is -2.21. The van der Waals surface area contributed by atoms with Gasteiger partial charge in [0.25, 0.3) is 0 Å². The van der Waals surface area contributed by atoms with E-state index in [1.807, 2.05) is 31.2 Å². The lowest BCUT2D eigenvalue weighted by molar-refractivity contribution is -0.123. The fraction of sp³-hybridized carbons (Fsp3) is 0.438. The van der Waals surface area contributed by atoms with Gasteiger partial charge in [-0.15, -0.1) is 10.2 Å². The number of hydrogen-bond donors (Lipinski definition) is 1. The van der Waals surface area contributed by atoms with Crippen molar-refractivity contribution in [1.82, 2.24) is 15.1 Å². The molecule has 0 unspecified atom stereocenters. The lowest BCUT2D eigenvalue weighted by Gasteiger charge is -2.29. The fourth-order valence-electron chi connectivity index (χ4n) is 2.78. The topological polar surface area (TPSA) is 85.3 Å². The van der Waals surface area contributed by atoms with Gasteiger partial charge in [0.2, 0.25) is 17.7 Å². The normalized spacial score (nSPS) is 16.8. The molecule has 6 nitrogen and oxygen atoms in total. The molecule has 1 aromatic carbocycles. The van der Waals surface area contributed by atoms with E-state index in [1.54, 1.807) is 0 Å². The van der Waals surface area contributed by atoms with Gasteiger partial charge in [-0.2, -0.15) is 0 Å².